The number of hydrogen-bond acceptors (Lipinski definition) is 2. The molecular weight excluding hydrogens is 167 g/mol. The van der Waals surface area contributed by atoms with Crippen LogP contribution in [0.5, 0.6) is 0 Å². The Bertz CT molecular complexity index is 407. The van der Waals surface area contributed by atoms with E-state index in [1.807, 2.05) is 13.8 Å². The predicted molar refractivity (Wildman–Crippen MR) is 51.1 cm³/mol. The molecule has 2 radical (unpaired) electrons. The molecule has 0 fully saturated rings. The summed E-state index contributed by atoms with van der Waals surface area (Å²) >= 11 is 0. The van der Waals surface area contributed by atoms with Crippen LogP contribution in [-0.2, 0) is 0 Å². The van der Waals surface area contributed by atoms with Crippen molar-refractivity contribution in [2.45, 2.75) is 26.3 Å². The molecule has 13 heavy (non-hydrogen) atoms. The Morgan fingerprint density at radius 1 is 1.54 bits per heavy atom. The summed E-state index contributed by atoms with van der Waals surface area (Å²) in [5, 5.41) is 0. The molecule has 1 unspecified atom stereocenters. The van der Waals surface area contributed by atoms with Gasteiger partial charge in [0.05, 0.1) is 0 Å². The lowest BCUT2D eigenvalue weighted by atomic mass is 10.2. The molecule has 0 saturated heterocycles. The summed E-state index contributed by atoms with van der Waals surface area (Å²) in [4.78, 5) is 22.3. The topological polar surface area (TPSA) is 44.0 Å². The van der Waals surface area contributed by atoms with Crippen molar-refractivity contribution >= 4 is 7.98 Å². The molecule has 0 aliphatic heterocycles. The molecule has 4 nitrogen and oxygen atoms in total. The minimum absolute atomic E-state index is 0.0582. The van der Waals surface area contributed by atoms with Crippen molar-refractivity contribution in [1.82, 2.24) is 9.05 Å². The summed E-state index contributed by atoms with van der Waals surface area (Å²) < 4.78 is 2.06. The molecule has 1 atom stereocenters. The number of rotatable bonds is 2. The van der Waals surface area contributed by atoms with Crippen molar-refractivity contribution in [3.63, 3.8) is 0 Å². The zero-order chi connectivity index (χ0) is 10.0. The van der Waals surface area contributed by atoms with Crippen LogP contribution in [0.25, 0.3) is 0 Å². The fourth-order valence-corrected chi connectivity index (χ4v) is 1.04. The van der Waals surface area contributed by atoms with Crippen molar-refractivity contribution < 1.29 is 0 Å². The minimum atomic E-state index is -0.482. The normalized spacial score (nSPS) is 12.8. The number of nitrogens with zero attached hydrogens (tertiary/aromatic N) is 2. The molecule has 0 aromatic carbocycles. The molecular formula is C8H11BN2O2. The second-order valence-electron chi connectivity index (χ2n) is 2.97. The molecule has 0 aliphatic carbocycles. The quantitative estimate of drug-likeness (QED) is 0.594. The molecule has 0 aliphatic rings. The van der Waals surface area contributed by atoms with Crippen LogP contribution < -0.4 is 11.2 Å². The van der Waals surface area contributed by atoms with Crippen LogP contribution in [0.4, 0.5) is 0 Å². The zero-order valence-corrected chi connectivity index (χ0v) is 7.73. The predicted octanol–water partition coefficient (Wildman–Crippen LogP) is -0.0874. The van der Waals surface area contributed by atoms with E-state index in [1.165, 1.54) is 16.8 Å². The monoisotopic (exact) mass is 178 g/mol. The lowest BCUT2D eigenvalue weighted by Crippen LogP contribution is -2.39. The van der Waals surface area contributed by atoms with Gasteiger partial charge in [-0.05, 0) is 13.3 Å². The van der Waals surface area contributed by atoms with Crippen molar-refractivity contribution in [1.29, 1.82) is 0 Å². The zero-order valence-electron chi connectivity index (χ0n) is 7.73. The average Bonchev–Trinajstić information content (AvgIpc) is 2.13. The molecule has 0 N–H and O–H groups in total. The molecule has 1 heterocycles. The average molecular weight is 178 g/mol. The SMILES string of the molecule is [B]n1c(=O)ccn(C(C)CC)c1=O. The van der Waals surface area contributed by atoms with Gasteiger partial charge in [0.15, 0.2) is 0 Å². The molecule has 68 valence electrons. The Morgan fingerprint density at radius 2 is 2.15 bits per heavy atom. The van der Waals surface area contributed by atoms with Crippen LogP contribution in [0.3, 0.4) is 0 Å². The lowest BCUT2D eigenvalue weighted by Gasteiger charge is -2.12. The Balaban J connectivity index is 3.35. The summed E-state index contributed by atoms with van der Waals surface area (Å²) in [6.45, 7) is 3.86. The first-order valence-corrected chi connectivity index (χ1v) is 4.17. The maximum Gasteiger partial charge on any atom is 0.317 e. The minimum Gasteiger partial charge on any atom is -0.319 e. The molecule has 1 aromatic heterocycles. The van der Waals surface area contributed by atoms with E-state index in [4.69, 9.17) is 7.98 Å². The maximum absolute atomic E-state index is 11.4. The molecule has 1 rings (SSSR count). The molecule has 0 spiro atoms. The van der Waals surface area contributed by atoms with Crippen molar-refractivity contribution in [3.8, 4) is 0 Å². The first-order valence-electron chi connectivity index (χ1n) is 4.17. The largest absolute Gasteiger partial charge is 0.319 e. The molecule has 0 amide bonds. The van der Waals surface area contributed by atoms with Crippen molar-refractivity contribution in [3.05, 3.63) is 33.1 Å². The second kappa shape index (κ2) is 3.64. The van der Waals surface area contributed by atoms with Crippen molar-refractivity contribution in [2.24, 2.45) is 0 Å². The first-order chi connectivity index (χ1) is 6.07. The van der Waals surface area contributed by atoms with Crippen LogP contribution >= 0.6 is 0 Å². The van der Waals surface area contributed by atoms with E-state index in [0.717, 1.165) is 6.42 Å². The highest BCUT2D eigenvalue weighted by molar-refractivity contribution is 6.06. The Labute approximate surface area is 77.2 Å². The third-order valence-electron chi connectivity index (χ3n) is 2.11. The number of hydrogen-bond donors (Lipinski definition) is 0. The molecule has 1 aromatic rings. The summed E-state index contributed by atoms with van der Waals surface area (Å²) in [6.07, 6.45) is 2.29. The fourth-order valence-electron chi connectivity index (χ4n) is 1.04. The van der Waals surface area contributed by atoms with Gasteiger partial charge in [-0.15, -0.1) is 0 Å². The molecule has 5 heteroatoms. The van der Waals surface area contributed by atoms with Gasteiger partial charge in [0, 0.05) is 18.3 Å². The highest BCUT2D eigenvalue weighted by Crippen LogP contribution is 2.03. The van der Waals surface area contributed by atoms with Gasteiger partial charge in [0.1, 0.15) is 0 Å². The molecule has 0 bridgehead atoms. The lowest BCUT2D eigenvalue weighted by molar-refractivity contribution is 0.497. The van der Waals surface area contributed by atoms with E-state index in [0.29, 0.717) is 4.48 Å². The summed E-state index contributed by atoms with van der Waals surface area (Å²) in [7, 11) is 5.25. The first kappa shape index (κ1) is 9.83. The van der Waals surface area contributed by atoms with Gasteiger partial charge in [-0.3, -0.25) is 9.36 Å². The van der Waals surface area contributed by atoms with Crippen molar-refractivity contribution in [2.75, 3.05) is 0 Å². The van der Waals surface area contributed by atoms with E-state index >= 15 is 0 Å². The van der Waals surface area contributed by atoms with Crippen LogP contribution in [-0.4, -0.2) is 17.0 Å². The Morgan fingerprint density at radius 3 is 2.69 bits per heavy atom. The van der Waals surface area contributed by atoms with E-state index in [-0.39, 0.29) is 6.04 Å². The highest BCUT2D eigenvalue weighted by Gasteiger charge is 2.05. The maximum atomic E-state index is 11.4. The van der Waals surface area contributed by atoms with Gasteiger partial charge in [-0.25, -0.2) is 4.79 Å². The Hall–Kier alpha value is -1.26. The van der Waals surface area contributed by atoms with E-state index < -0.39 is 11.2 Å². The van der Waals surface area contributed by atoms with Gasteiger partial charge in [-0.1, -0.05) is 6.92 Å². The summed E-state index contributed by atoms with van der Waals surface area (Å²) in [5.74, 6) is 0. The fraction of sp³-hybridized carbons (Fsp3) is 0.500. The van der Waals surface area contributed by atoms with Gasteiger partial charge in [-0.2, -0.15) is 0 Å². The van der Waals surface area contributed by atoms with Crippen LogP contribution in [0.15, 0.2) is 21.9 Å². The van der Waals surface area contributed by atoms with Crippen LogP contribution in [0.1, 0.15) is 26.3 Å². The van der Waals surface area contributed by atoms with Crippen LogP contribution in [0.2, 0.25) is 0 Å². The van der Waals surface area contributed by atoms with Gasteiger partial charge < -0.3 is 4.48 Å². The van der Waals surface area contributed by atoms with E-state index in [9.17, 15) is 9.59 Å². The summed E-state index contributed by atoms with van der Waals surface area (Å²) in [5.41, 5.74) is -0.952. The Kier molecular flexibility index (Phi) is 2.75. The van der Waals surface area contributed by atoms with Gasteiger partial charge in [0.25, 0.3) is 0 Å². The van der Waals surface area contributed by atoms with Crippen LogP contribution in [0, 0.1) is 0 Å². The van der Waals surface area contributed by atoms with E-state index in [1.54, 1.807) is 0 Å². The van der Waals surface area contributed by atoms with Gasteiger partial charge >= 0.3 is 5.69 Å². The molecule has 0 saturated carbocycles. The smallest absolute Gasteiger partial charge is 0.317 e. The summed E-state index contributed by atoms with van der Waals surface area (Å²) in [6, 6.07) is 1.34. The third-order valence-corrected chi connectivity index (χ3v) is 2.11. The highest BCUT2D eigenvalue weighted by atomic mass is 16.2. The van der Waals surface area contributed by atoms with Gasteiger partial charge in [0.2, 0.25) is 13.5 Å². The van der Waals surface area contributed by atoms with E-state index in [2.05, 4.69) is 0 Å². The third kappa shape index (κ3) is 1.74. The standard InChI is InChI=1S/C8H11BN2O2/c1-3-6(2)10-5-4-7(12)11(9)8(10)13/h4-6H,3H2,1-2H3. The number of aromatic nitrogens is 2. The second-order valence-corrected chi connectivity index (χ2v) is 2.97.